The maximum atomic E-state index is 5.57. The van der Waals surface area contributed by atoms with E-state index in [9.17, 15) is 0 Å². The van der Waals surface area contributed by atoms with Crippen LogP contribution in [0.25, 0.3) is 11.3 Å². The predicted octanol–water partition coefficient (Wildman–Crippen LogP) is 2.22. The number of hydrogen-bond donors (Lipinski definition) is 1. The molecule has 16 heavy (non-hydrogen) atoms. The number of aryl methyl sites for hydroxylation is 2. The van der Waals surface area contributed by atoms with Crippen molar-refractivity contribution in [1.82, 2.24) is 9.97 Å². The summed E-state index contributed by atoms with van der Waals surface area (Å²) in [5.74, 6) is 0.691. The molecule has 2 rings (SSSR count). The van der Waals surface area contributed by atoms with Gasteiger partial charge in [-0.05, 0) is 26.0 Å². The van der Waals surface area contributed by atoms with E-state index in [0.29, 0.717) is 12.4 Å². The van der Waals surface area contributed by atoms with Crippen LogP contribution in [0, 0.1) is 13.8 Å². The zero-order valence-electron chi connectivity index (χ0n) is 9.57. The van der Waals surface area contributed by atoms with Crippen molar-refractivity contribution in [1.29, 1.82) is 0 Å². The Bertz CT molecular complexity index is 506. The average Bonchev–Trinajstić information content (AvgIpc) is 2.28. The van der Waals surface area contributed by atoms with Gasteiger partial charge in [0.25, 0.3) is 0 Å². The topological polar surface area (TPSA) is 51.8 Å². The molecule has 2 N–H and O–H groups in total. The van der Waals surface area contributed by atoms with Crippen LogP contribution in [0.15, 0.2) is 30.3 Å². The monoisotopic (exact) mass is 213 g/mol. The molecular weight excluding hydrogens is 198 g/mol. The Balaban J connectivity index is 2.51. The van der Waals surface area contributed by atoms with Crippen LogP contribution in [0.4, 0.5) is 0 Å². The lowest BCUT2D eigenvalue weighted by atomic mass is 10.1. The summed E-state index contributed by atoms with van der Waals surface area (Å²) in [4.78, 5) is 8.69. The molecule has 82 valence electrons. The van der Waals surface area contributed by atoms with Crippen LogP contribution < -0.4 is 5.73 Å². The lowest BCUT2D eigenvalue weighted by molar-refractivity contribution is 0.894. The van der Waals surface area contributed by atoms with Crippen molar-refractivity contribution in [2.45, 2.75) is 20.4 Å². The molecule has 2 aromatic rings. The molecule has 3 heteroatoms. The van der Waals surface area contributed by atoms with E-state index in [1.54, 1.807) is 0 Å². The third-order valence-corrected chi connectivity index (χ3v) is 2.40. The largest absolute Gasteiger partial charge is 0.324 e. The van der Waals surface area contributed by atoms with Crippen molar-refractivity contribution < 1.29 is 0 Å². The van der Waals surface area contributed by atoms with Gasteiger partial charge in [0.2, 0.25) is 0 Å². The van der Waals surface area contributed by atoms with Crippen molar-refractivity contribution in [2.24, 2.45) is 5.73 Å². The fourth-order valence-corrected chi connectivity index (χ4v) is 1.67. The minimum Gasteiger partial charge on any atom is -0.324 e. The molecule has 1 aromatic heterocycles. The van der Waals surface area contributed by atoms with Crippen LogP contribution in [-0.2, 0) is 6.54 Å². The van der Waals surface area contributed by atoms with Gasteiger partial charge in [-0.1, -0.05) is 23.8 Å². The SMILES string of the molecule is Cc1cccc(-c2cc(C)nc(CN)n2)c1. The fraction of sp³-hybridized carbons (Fsp3) is 0.231. The minimum atomic E-state index is 0.375. The Morgan fingerprint density at radius 1 is 1.12 bits per heavy atom. The molecule has 0 spiro atoms. The van der Waals surface area contributed by atoms with Gasteiger partial charge < -0.3 is 5.73 Å². The predicted molar refractivity (Wildman–Crippen MR) is 64.8 cm³/mol. The molecule has 0 amide bonds. The second-order valence-corrected chi connectivity index (χ2v) is 3.88. The second-order valence-electron chi connectivity index (χ2n) is 3.88. The van der Waals surface area contributed by atoms with E-state index < -0.39 is 0 Å². The Hall–Kier alpha value is -1.74. The number of nitrogens with zero attached hydrogens (tertiary/aromatic N) is 2. The molecule has 1 heterocycles. The third-order valence-electron chi connectivity index (χ3n) is 2.40. The van der Waals surface area contributed by atoms with E-state index in [1.165, 1.54) is 5.56 Å². The van der Waals surface area contributed by atoms with Gasteiger partial charge in [0, 0.05) is 11.3 Å². The summed E-state index contributed by atoms with van der Waals surface area (Å²) in [5.41, 5.74) is 9.80. The highest BCUT2D eigenvalue weighted by Gasteiger charge is 2.03. The molecule has 0 aliphatic carbocycles. The number of hydrogen-bond acceptors (Lipinski definition) is 3. The van der Waals surface area contributed by atoms with Gasteiger partial charge in [-0.25, -0.2) is 9.97 Å². The van der Waals surface area contributed by atoms with Crippen LogP contribution in [0.3, 0.4) is 0 Å². The van der Waals surface area contributed by atoms with E-state index in [2.05, 4.69) is 35.1 Å². The summed E-state index contributed by atoms with van der Waals surface area (Å²) >= 11 is 0. The maximum absolute atomic E-state index is 5.57. The Morgan fingerprint density at radius 2 is 1.94 bits per heavy atom. The number of nitrogens with two attached hydrogens (primary N) is 1. The first-order valence-electron chi connectivity index (χ1n) is 5.30. The van der Waals surface area contributed by atoms with E-state index in [0.717, 1.165) is 17.0 Å². The van der Waals surface area contributed by atoms with Gasteiger partial charge in [0.15, 0.2) is 0 Å². The zero-order chi connectivity index (χ0) is 11.5. The lowest BCUT2D eigenvalue weighted by Crippen LogP contribution is -2.05. The molecule has 0 unspecified atom stereocenters. The molecule has 0 fully saturated rings. The van der Waals surface area contributed by atoms with E-state index in [1.807, 2.05) is 19.1 Å². The summed E-state index contributed by atoms with van der Waals surface area (Å²) in [6.45, 7) is 4.40. The second kappa shape index (κ2) is 4.41. The van der Waals surface area contributed by atoms with Crippen molar-refractivity contribution in [3.05, 3.63) is 47.4 Å². The molecule has 0 aliphatic heterocycles. The van der Waals surface area contributed by atoms with Crippen LogP contribution >= 0.6 is 0 Å². The number of rotatable bonds is 2. The minimum absolute atomic E-state index is 0.375. The maximum Gasteiger partial charge on any atom is 0.142 e. The smallest absolute Gasteiger partial charge is 0.142 e. The summed E-state index contributed by atoms with van der Waals surface area (Å²) in [7, 11) is 0. The quantitative estimate of drug-likeness (QED) is 0.832. The summed E-state index contributed by atoms with van der Waals surface area (Å²) < 4.78 is 0. The molecule has 0 saturated heterocycles. The van der Waals surface area contributed by atoms with Crippen LogP contribution in [-0.4, -0.2) is 9.97 Å². The van der Waals surface area contributed by atoms with Crippen LogP contribution in [0.1, 0.15) is 17.1 Å². The summed E-state index contributed by atoms with van der Waals surface area (Å²) in [6.07, 6.45) is 0. The molecule has 0 bridgehead atoms. The first kappa shape index (κ1) is 10.8. The fourth-order valence-electron chi connectivity index (χ4n) is 1.67. The van der Waals surface area contributed by atoms with E-state index in [-0.39, 0.29) is 0 Å². The highest BCUT2D eigenvalue weighted by atomic mass is 14.9. The zero-order valence-corrected chi connectivity index (χ0v) is 9.57. The Morgan fingerprint density at radius 3 is 2.62 bits per heavy atom. The van der Waals surface area contributed by atoms with Gasteiger partial charge in [-0.3, -0.25) is 0 Å². The number of aromatic nitrogens is 2. The molecule has 0 saturated carbocycles. The Kier molecular flexibility index (Phi) is 2.97. The summed E-state index contributed by atoms with van der Waals surface area (Å²) in [6, 6.07) is 10.2. The molecular formula is C13H15N3. The first-order chi connectivity index (χ1) is 7.69. The highest BCUT2D eigenvalue weighted by Crippen LogP contribution is 2.18. The normalized spacial score (nSPS) is 10.4. The summed E-state index contributed by atoms with van der Waals surface area (Å²) in [5, 5.41) is 0. The Labute approximate surface area is 95.4 Å². The molecule has 0 atom stereocenters. The van der Waals surface area contributed by atoms with E-state index in [4.69, 9.17) is 5.73 Å². The average molecular weight is 213 g/mol. The molecule has 3 nitrogen and oxygen atoms in total. The van der Waals surface area contributed by atoms with Gasteiger partial charge in [0.05, 0.1) is 12.2 Å². The van der Waals surface area contributed by atoms with Gasteiger partial charge in [0.1, 0.15) is 5.82 Å². The van der Waals surface area contributed by atoms with Crippen LogP contribution in [0.5, 0.6) is 0 Å². The molecule has 0 radical (unpaired) electrons. The molecule has 0 aliphatic rings. The van der Waals surface area contributed by atoms with Gasteiger partial charge in [-0.2, -0.15) is 0 Å². The van der Waals surface area contributed by atoms with Crippen molar-refractivity contribution in [3.8, 4) is 11.3 Å². The lowest BCUT2D eigenvalue weighted by Gasteiger charge is -2.05. The first-order valence-corrected chi connectivity index (χ1v) is 5.30. The van der Waals surface area contributed by atoms with Gasteiger partial charge >= 0.3 is 0 Å². The van der Waals surface area contributed by atoms with E-state index >= 15 is 0 Å². The third kappa shape index (κ3) is 2.25. The molecule has 1 aromatic carbocycles. The highest BCUT2D eigenvalue weighted by molar-refractivity contribution is 5.60. The standard InChI is InChI=1S/C13H15N3/c1-9-4-3-5-11(6-9)12-7-10(2)15-13(8-14)16-12/h3-7H,8,14H2,1-2H3. The van der Waals surface area contributed by atoms with Gasteiger partial charge in [-0.15, -0.1) is 0 Å². The number of benzene rings is 1. The van der Waals surface area contributed by atoms with Crippen molar-refractivity contribution >= 4 is 0 Å². The van der Waals surface area contributed by atoms with Crippen molar-refractivity contribution in [2.75, 3.05) is 0 Å². The van der Waals surface area contributed by atoms with Crippen LogP contribution in [0.2, 0.25) is 0 Å². The van der Waals surface area contributed by atoms with Crippen molar-refractivity contribution in [3.63, 3.8) is 0 Å².